The number of aromatic nitrogens is 1. The first-order valence-corrected chi connectivity index (χ1v) is 11.2. The van der Waals surface area contributed by atoms with E-state index in [1.54, 1.807) is 0 Å². The zero-order valence-electron chi connectivity index (χ0n) is 15.9. The van der Waals surface area contributed by atoms with Gasteiger partial charge < -0.3 is 0 Å². The summed E-state index contributed by atoms with van der Waals surface area (Å²) in [5.74, 6) is 0.537. The summed E-state index contributed by atoms with van der Waals surface area (Å²) in [6, 6.07) is 18.6. The lowest BCUT2D eigenvalue weighted by Gasteiger charge is -2.31. The van der Waals surface area contributed by atoms with Gasteiger partial charge in [-0.25, -0.2) is 4.98 Å². The molecular formula is C23H22BrN3S. The van der Waals surface area contributed by atoms with Gasteiger partial charge >= 0.3 is 0 Å². The van der Waals surface area contributed by atoms with Crippen LogP contribution in [0.2, 0.25) is 0 Å². The summed E-state index contributed by atoms with van der Waals surface area (Å²) in [7, 11) is 0. The highest BCUT2D eigenvalue weighted by Crippen LogP contribution is 2.36. The highest BCUT2D eigenvalue weighted by atomic mass is 79.9. The smallest absolute Gasteiger partial charge is 0.0995 e. The van der Waals surface area contributed by atoms with Gasteiger partial charge in [0, 0.05) is 27.4 Å². The third-order valence-corrected chi connectivity index (χ3v) is 7.06. The molecule has 0 spiro atoms. The summed E-state index contributed by atoms with van der Waals surface area (Å²) in [5, 5.41) is 10.6. The van der Waals surface area contributed by atoms with Crippen LogP contribution in [-0.4, -0.2) is 23.0 Å². The predicted molar refractivity (Wildman–Crippen MR) is 118 cm³/mol. The van der Waals surface area contributed by atoms with E-state index < -0.39 is 0 Å². The molecule has 4 rings (SSSR count). The maximum absolute atomic E-state index is 9.30. The molecule has 0 radical (unpaired) electrons. The van der Waals surface area contributed by atoms with Crippen LogP contribution in [0.4, 0.5) is 0 Å². The van der Waals surface area contributed by atoms with E-state index in [0.717, 1.165) is 53.8 Å². The minimum absolute atomic E-state index is 0.537. The van der Waals surface area contributed by atoms with E-state index in [-0.39, 0.29) is 0 Å². The zero-order valence-corrected chi connectivity index (χ0v) is 18.3. The molecule has 28 heavy (non-hydrogen) atoms. The number of benzene rings is 2. The highest BCUT2D eigenvalue weighted by molar-refractivity contribution is 9.10. The van der Waals surface area contributed by atoms with Crippen LogP contribution in [0.15, 0.2) is 53.0 Å². The summed E-state index contributed by atoms with van der Waals surface area (Å²) >= 11 is 5.35. The van der Waals surface area contributed by atoms with Gasteiger partial charge in [-0.1, -0.05) is 46.3 Å². The van der Waals surface area contributed by atoms with Gasteiger partial charge in [-0.3, -0.25) is 4.90 Å². The van der Waals surface area contributed by atoms with Crippen molar-refractivity contribution in [2.75, 3.05) is 13.1 Å². The topological polar surface area (TPSA) is 39.9 Å². The first-order chi connectivity index (χ1) is 13.6. The zero-order chi connectivity index (χ0) is 19.5. The van der Waals surface area contributed by atoms with Crippen LogP contribution < -0.4 is 0 Å². The van der Waals surface area contributed by atoms with E-state index >= 15 is 0 Å². The molecule has 2 aromatic carbocycles. The van der Waals surface area contributed by atoms with Gasteiger partial charge in [-0.15, -0.1) is 11.3 Å². The van der Waals surface area contributed by atoms with Gasteiger partial charge in [0.25, 0.3) is 0 Å². The molecule has 1 aliphatic heterocycles. The maximum atomic E-state index is 9.30. The molecule has 1 saturated heterocycles. The largest absolute Gasteiger partial charge is 0.299 e. The van der Waals surface area contributed by atoms with Crippen molar-refractivity contribution in [1.29, 1.82) is 5.26 Å². The van der Waals surface area contributed by atoms with E-state index in [0.29, 0.717) is 5.92 Å². The molecule has 3 nitrogen and oxygen atoms in total. The molecule has 5 heteroatoms. The van der Waals surface area contributed by atoms with Crippen molar-refractivity contribution in [2.24, 2.45) is 0 Å². The first-order valence-electron chi connectivity index (χ1n) is 9.57. The van der Waals surface area contributed by atoms with E-state index in [1.807, 2.05) is 29.5 Å². The summed E-state index contributed by atoms with van der Waals surface area (Å²) in [4.78, 5) is 8.77. The number of likely N-dealkylation sites (tertiary alicyclic amines) is 1. The number of thiazole rings is 1. The van der Waals surface area contributed by atoms with Crippen LogP contribution >= 0.6 is 27.3 Å². The third kappa shape index (κ3) is 4.20. The van der Waals surface area contributed by atoms with Gasteiger partial charge in [0.1, 0.15) is 0 Å². The van der Waals surface area contributed by atoms with Crippen molar-refractivity contribution in [3.05, 3.63) is 74.0 Å². The average Bonchev–Trinajstić information content (AvgIpc) is 3.11. The highest BCUT2D eigenvalue weighted by Gasteiger charge is 2.24. The molecule has 0 N–H and O–H groups in total. The minimum Gasteiger partial charge on any atom is -0.299 e. The third-order valence-electron chi connectivity index (χ3n) is 5.40. The molecule has 0 amide bonds. The predicted octanol–water partition coefficient (Wildman–Crippen LogP) is 6.13. The normalized spacial score (nSPS) is 15.5. The lowest BCUT2D eigenvalue weighted by Crippen LogP contribution is -2.32. The second-order valence-electron chi connectivity index (χ2n) is 7.28. The fourth-order valence-corrected chi connectivity index (χ4v) is 5.19. The maximum Gasteiger partial charge on any atom is 0.0995 e. The van der Waals surface area contributed by atoms with Gasteiger partial charge in [0.2, 0.25) is 0 Å². The van der Waals surface area contributed by atoms with Crippen molar-refractivity contribution >= 4 is 27.3 Å². The van der Waals surface area contributed by atoms with E-state index in [2.05, 4.69) is 64.2 Å². The number of nitriles is 1. The van der Waals surface area contributed by atoms with Crippen LogP contribution in [0.25, 0.3) is 11.3 Å². The minimum atomic E-state index is 0.537. The quantitative estimate of drug-likeness (QED) is 0.478. The number of piperidine rings is 1. The number of hydrogen-bond donors (Lipinski definition) is 0. The molecular weight excluding hydrogens is 430 g/mol. The Hall–Kier alpha value is -2.00. The molecule has 3 aromatic rings. The fraction of sp³-hybridized carbons (Fsp3) is 0.304. The molecule has 0 saturated carbocycles. The van der Waals surface area contributed by atoms with E-state index in [9.17, 15) is 5.26 Å². The molecule has 1 aromatic heterocycles. The van der Waals surface area contributed by atoms with Crippen molar-refractivity contribution in [3.8, 4) is 17.3 Å². The first kappa shape index (κ1) is 19.3. The van der Waals surface area contributed by atoms with Crippen molar-refractivity contribution < 1.29 is 0 Å². The standard InChI is InChI=1S/C23H22BrN3S/c1-16-22(17-6-8-21(24)9-7-17)26-23(28-16)18-10-12-27(13-11-18)15-20-5-3-2-4-19(20)14-25/h2-9,18H,10-13,15H2,1H3. The lowest BCUT2D eigenvalue weighted by atomic mass is 9.96. The Morgan fingerprint density at radius 2 is 1.86 bits per heavy atom. The van der Waals surface area contributed by atoms with Crippen molar-refractivity contribution in [3.63, 3.8) is 0 Å². The molecule has 0 unspecified atom stereocenters. The lowest BCUT2D eigenvalue weighted by molar-refractivity contribution is 0.204. The van der Waals surface area contributed by atoms with E-state index in [4.69, 9.17) is 4.98 Å². The molecule has 1 fully saturated rings. The van der Waals surface area contributed by atoms with Gasteiger partial charge in [-0.05, 0) is 56.6 Å². The van der Waals surface area contributed by atoms with Gasteiger partial charge in [0.15, 0.2) is 0 Å². The summed E-state index contributed by atoms with van der Waals surface area (Å²) < 4.78 is 1.09. The molecule has 0 atom stereocenters. The Morgan fingerprint density at radius 1 is 1.14 bits per heavy atom. The average molecular weight is 452 g/mol. The van der Waals surface area contributed by atoms with Crippen LogP contribution in [-0.2, 0) is 6.54 Å². The number of hydrogen-bond acceptors (Lipinski definition) is 4. The fourth-order valence-electron chi connectivity index (χ4n) is 3.81. The molecule has 0 bridgehead atoms. The SMILES string of the molecule is Cc1sc(C2CCN(Cc3ccccc3C#N)CC2)nc1-c1ccc(Br)cc1. The molecule has 142 valence electrons. The second-order valence-corrected chi connectivity index (χ2v) is 9.43. The molecule has 1 aliphatic rings. The Balaban J connectivity index is 1.42. The molecule has 2 heterocycles. The van der Waals surface area contributed by atoms with Crippen LogP contribution in [0.5, 0.6) is 0 Å². The Bertz CT molecular complexity index is 995. The Kier molecular flexibility index (Phi) is 5.91. The molecule has 0 aliphatic carbocycles. The summed E-state index contributed by atoms with van der Waals surface area (Å²) in [6.07, 6.45) is 2.25. The monoisotopic (exact) mass is 451 g/mol. The van der Waals surface area contributed by atoms with Gasteiger partial charge in [-0.2, -0.15) is 5.26 Å². The van der Waals surface area contributed by atoms with Crippen molar-refractivity contribution in [1.82, 2.24) is 9.88 Å². The summed E-state index contributed by atoms with van der Waals surface area (Å²) in [5.41, 5.74) is 4.23. The summed E-state index contributed by atoms with van der Waals surface area (Å²) in [6.45, 7) is 5.14. The van der Waals surface area contributed by atoms with Crippen LogP contribution in [0, 0.1) is 18.3 Å². The van der Waals surface area contributed by atoms with Crippen LogP contribution in [0.3, 0.4) is 0 Å². The number of halogens is 1. The van der Waals surface area contributed by atoms with E-state index in [1.165, 1.54) is 15.4 Å². The van der Waals surface area contributed by atoms with Crippen molar-refractivity contribution in [2.45, 2.75) is 32.2 Å². The Labute approximate surface area is 178 Å². The van der Waals surface area contributed by atoms with Gasteiger partial charge in [0.05, 0.1) is 22.3 Å². The second kappa shape index (κ2) is 8.57. The number of nitrogens with zero attached hydrogens (tertiary/aromatic N) is 3. The number of rotatable bonds is 4. The Morgan fingerprint density at radius 3 is 2.57 bits per heavy atom. The number of aryl methyl sites for hydroxylation is 1. The van der Waals surface area contributed by atoms with Crippen LogP contribution in [0.1, 0.15) is 39.8 Å².